The Balaban J connectivity index is 1.91. The molecule has 1 unspecified atom stereocenters. The van der Waals surface area contributed by atoms with Crippen molar-refractivity contribution in [3.05, 3.63) is 46.9 Å². The highest BCUT2D eigenvalue weighted by molar-refractivity contribution is 6.32. The molecule has 2 aromatic rings. The van der Waals surface area contributed by atoms with Gasteiger partial charge in [-0.3, -0.25) is 4.79 Å². The number of halogens is 1. The molecule has 0 radical (unpaired) electrons. The van der Waals surface area contributed by atoms with Gasteiger partial charge in [-0.25, -0.2) is 0 Å². The van der Waals surface area contributed by atoms with Gasteiger partial charge in [0.15, 0.2) is 11.5 Å². The maximum atomic E-state index is 13.2. The number of hydrogen-bond donors (Lipinski definition) is 0. The second kappa shape index (κ2) is 8.04. The summed E-state index contributed by atoms with van der Waals surface area (Å²) in [5, 5.41) is 0.377. The number of carbonyl (C=O) groups excluding carboxylic acids is 1. The van der Waals surface area contributed by atoms with Gasteiger partial charge < -0.3 is 18.8 Å². The fourth-order valence-corrected chi connectivity index (χ4v) is 3.28. The van der Waals surface area contributed by atoms with Gasteiger partial charge in [0.25, 0.3) is 5.91 Å². The summed E-state index contributed by atoms with van der Waals surface area (Å²) in [6.45, 7) is 4.53. The maximum absolute atomic E-state index is 13.2. The minimum Gasteiger partial charge on any atom is -0.493 e. The summed E-state index contributed by atoms with van der Waals surface area (Å²) in [4.78, 5) is 15.1. The highest BCUT2D eigenvalue weighted by atomic mass is 35.5. The van der Waals surface area contributed by atoms with Crippen LogP contribution in [0, 0.1) is 0 Å². The molecule has 0 bridgehead atoms. The van der Waals surface area contributed by atoms with Crippen LogP contribution in [0.4, 0.5) is 0 Å². The van der Waals surface area contributed by atoms with E-state index in [1.165, 1.54) is 0 Å². The molecule has 5 nitrogen and oxygen atoms in total. The average Bonchev–Trinajstić information content (AvgIpc) is 3.31. The van der Waals surface area contributed by atoms with Crippen LogP contribution in [0.2, 0.25) is 5.02 Å². The molecule has 0 aliphatic heterocycles. The molecule has 1 aromatic heterocycles. The van der Waals surface area contributed by atoms with Crippen molar-refractivity contribution >= 4 is 17.5 Å². The Morgan fingerprint density at radius 1 is 1.42 bits per heavy atom. The number of nitrogens with zero attached hydrogens (tertiary/aromatic N) is 1. The van der Waals surface area contributed by atoms with Crippen molar-refractivity contribution in [1.29, 1.82) is 0 Å². The van der Waals surface area contributed by atoms with Crippen LogP contribution in [0.1, 0.15) is 55.3 Å². The third kappa shape index (κ3) is 3.83. The summed E-state index contributed by atoms with van der Waals surface area (Å²) < 4.78 is 16.6. The van der Waals surface area contributed by atoms with Crippen LogP contribution < -0.4 is 9.47 Å². The maximum Gasteiger partial charge on any atom is 0.254 e. The van der Waals surface area contributed by atoms with Gasteiger partial charge in [0.05, 0.1) is 31.0 Å². The van der Waals surface area contributed by atoms with Crippen molar-refractivity contribution in [3.8, 4) is 11.5 Å². The van der Waals surface area contributed by atoms with E-state index in [0.717, 1.165) is 25.0 Å². The minimum atomic E-state index is -0.147. The number of hydrogen-bond acceptors (Lipinski definition) is 4. The van der Waals surface area contributed by atoms with E-state index in [4.69, 9.17) is 25.5 Å². The monoisotopic (exact) mass is 377 g/mol. The molecule has 1 aliphatic rings. The number of methoxy groups -OCH3 is 1. The molecule has 1 saturated carbocycles. The van der Waals surface area contributed by atoms with Crippen molar-refractivity contribution in [2.75, 3.05) is 13.7 Å². The van der Waals surface area contributed by atoms with E-state index >= 15 is 0 Å². The first-order valence-corrected chi connectivity index (χ1v) is 9.31. The van der Waals surface area contributed by atoms with E-state index in [9.17, 15) is 4.79 Å². The van der Waals surface area contributed by atoms with Gasteiger partial charge in [0.2, 0.25) is 0 Å². The van der Waals surface area contributed by atoms with Crippen LogP contribution >= 0.6 is 11.6 Å². The largest absolute Gasteiger partial charge is 0.493 e. The Bertz CT molecular complexity index is 755. The standard InChI is InChI=1S/C20H24ClNO4/c1-4-9-26-19-16(21)11-14(12-18(19)24-3)20(23)22(15-7-8-15)13(2)17-6-5-10-25-17/h5-6,10-13,15H,4,7-9H2,1-3H3. The zero-order valence-corrected chi connectivity index (χ0v) is 16.1. The van der Waals surface area contributed by atoms with Crippen molar-refractivity contribution in [2.24, 2.45) is 0 Å². The van der Waals surface area contributed by atoms with Gasteiger partial charge >= 0.3 is 0 Å². The van der Waals surface area contributed by atoms with Crippen molar-refractivity contribution < 1.29 is 18.7 Å². The normalized spacial score (nSPS) is 14.8. The van der Waals surface area contributed by atoms with Gasteiger partial charge in [0, 0.05) is 11.6 Å². The number of amides is 1. The van der Waals surface area contributed by atoms with Crippen LogP contribution in [0.5, 0.6) is 11.5 Å². The lowest BCUT2D eigenvalue weighted by Crippen LogP contribution is -2.35. The summed E-state index contributed by atoms with van der Waals surface area (Å²) in [7, 11) is 1.54. The second-order valence-corrected chi connectivity index (χ2v) is 6.88. The molecule has 0 spiro atoms. The van der Waals surface area contributed by atoms with Crippen molar-refractivity contribution in [3.63, 3.8) is 0 Å². The Labute approximate surface area is 158 Å². The molecular formula is C20H24ClNO4. The number of ether oxygens (including phenoxy) is 2. The molecule has 0 saturated heterocycles. The molecule has 1 fully saturated rings. The van der Waals surface area contributed by atoms with Crippen LogP contribution in [-0.4, -0.2) is 30.6 Å². The van der Waals surface area contributed by atoms with E-state index < -0.39 is 0 Å². The number of benzene rings is 1. The molecule has 140 valence electrons. The van der Waals surface area contributed by atoms with Gasteiger partial charge in [-0.2, -0.15) is 0 Å². The lowest BCUT2D eigenvalue weighted by atomic mass is 10.1. The van der Waals surface area contributed by atoms with Crippen LogP contribution in [0.15, 0.2) is 34.9 Å². The number of rotatable bonds is 8. The van der Waals surface area contributed by atoms with Crippen molar-refractivity contribution in [1.82, 2.24) is 4.90 Å². The van der Waals surface area contributed by atoms with Gasteiger partial charge in [-0.15, -0.1) is 0 Å². The van der Waals surface area contributed by atoms with E-state index in [1.807, 2.05) is 30.9 Å². The smallest absolute Gasteiger partial charge is 0.254 e. The predicted octanol–water partition coefficient (Wildman–Crippen LogP) is 5.10. The van der Waals surface area contributed by atoms with Gasteiger partial charge in [-0.1, -0.05) is 18.5 Å². The molecule has 3 rings (SSSR count). The SMILES string of the molecule is CCCOc1c(Cl)cc(C(=O)N(C2CC2)C(C)c2ccco2)cc1OC. The quantitative estimate of drug-likeness (QED) is 0.642. The summed E-state index contributed by atoms with van der Waals surface area (Å²) in [5.74, 6) is 1.63. The summed E-state index contributed by atoms with van der Waals surface area (Å²) in [5.41, 5.74) is 0.487. The summed E-state index contributed by atoms with van der Waals surface area (Å²) in [6.07, 6.45) is 4.48. The minimum absolute atomic E-state index is 0.0846. The van der Waals surface area contributed by atoms with E-state index in [1.54, 1.807) is 25.5 Å². The highest BCUT2D eigenvalue weighted by Gasteiger charge is 2.38. The van der Waals surface area contributed by atoms with E-state index in [0.29, 0.717) is 28.7 Å². The summed E-state index contributed by atoms with van der Waals surface area (Å²) >= 11 is 6.38. The van der Waals surface area contributed by atoms with Crippen LogP contribution in [0.25, 0.3) is 0 Å². The Hall–Kier alpha value is -2.14. The van der Waals surface area contributed by atoms with Crippen LogP contribution in [-0.2, 0) is 0 Å². The van der Waals surface area contributed by atoms with E-state index in [-0.39, 0.29) is 18.0 Å². The fourth-order valence-electron chi connectivity index (χ4n) is 3.01. The second-order valence-electron chi connectivity index (χ2n) is 6.47. The average molecular weight is 378 g/mol. The molecule has 6 heteroatoms. The Morgan fingerprint density at radius 3 is 2.77 bits per heavy atom. The first-order chi connectivity index (χ1) is 12.6. The predicted molar refractivity (Wildman–Crippen MR) is 100 cm³/mol. The Kier molecular flexibility index (Phi) is 5.77. The number of carbonyl (C=O) groups is 1. The first-order valence-electron chi connectivity index (χ1n) is 8.93. The molecule has 1 atom stereocenters. The topological polar surface area (TPSA) is 51.9 Å². The first kappa shape index (κ1) is 18.6. The third-order valence-corrected chi connectivity index (χ3v) is 4.75. The molecule has 1 aliphatic carbocycles. The van der Waals surface area contributed by atoms with E-state index in [2.05, 4.69) is 0 Å². The summed E-state index contributed by atoms with van der Waals surface area (Å²) in [6, 6.07) is 7.16. The fraction of sp³-hybridized carbons (Fsp3) is 0.450. The molecular weight excluding hydrogens is 354 g/mol. The van der Waals surface area contributed by atoms with Gasteiger partial charge in [0.1, 0.15) is 5.76 Å². The Morgan fingerprint density at radius 2 is 2.19 bits per heavy atom. The molecule has 1 heterocycles. The zero-order valence-electron chi connectivity index (χ0n) is 15.3. The molecule has 1 amide bonds. The zero-order chi connectivity index (χ0) is 18.7. The molecule has 0 N–H and O–H groups in total. The van der Waals surface area contributed by atoms with Crippen molar-refractivity contribution in [2.45, 2.75) is 45.2 Å². The molecule has 1 aromatic carbocycles. The number of furan rings is 1. The highest BCUT2D eigenvalue weighted by Crippen LogP contribution is 2.40. The third-order valence-electron chi connectivity index (χ3n) is 4.47. The lowest BCUT2D eigenvalue weighted by molar-refractivity contribution is 0.0652. The van der Waals surface area contributed by atoms with Gasteiger partial charge in [-0.05, 0) is 50.5 Å². The lowest BCUT2D eigenvalue weighted by Gasteiger charge is -2.28. The molecule has 26 heavy (non-hydrogen) atoms. The van der Waals surface area contributed by atoms with Crippen LogP contribution in [0.3, 0.4) is 0 Å².